The zero-order chi connectivity index (χ0) is 22.7. The lowest BCUT2D eigenvalue weighted by Gasteiger charge is -2.12. The fourth-order valence-electron chi connectivity index (χ4n) is 3.61. The number of carbonyl (C=O) groups excluding carboxylic acids is 2. The van der Waals surface area contributed by atoms with Crippen LogP contribution in [0.4, 0.5) is 0 Å². The van der Waals surface area contributed by atoms with Gasteiger partial charge in [-0.15, -0.1) is 11.3 Å². The number of rotatable bonds is 9. The molecular formula is C24H22N2O5S. The molecule has 0 saturated carbocycles. The Morgan fingerprint density at radius 3 is 2.47 bits per heavy atom. The quantitative estimate of drug-likeness (QED) is 0.310. The van der Waals surface area contributed by atoms with Crippen LogP contribution in [-0.2, 0) is 11.3 Å². The van der Waals surface area contributed by atoms with E-state index >= 15 is 0 Å². The molecule has 2 N–H and O–H groups in total. The van der Waals surface area contributed by atoms with Crippen molar-refractivity contribution in [3.8, 4) is 5.75 Å². The van der Waals surface area contributed by atoms with Crippen molar-refractivity contribution in [1.29, 1.82) is 0 Å². The van der Waals surface area contributed by atoms with E-state index in [2.05, 4.69) is 0 Å². The first kappa shape index (κ1) is 21.7. The molecule has 0 saturated heterocycles. The Bertz CT molecular complexity index is 1360. The summed E-state index contributed by atoms with van der Waals surface area (Å²) in [7, 11) is 0. The third kappa shape index (κ3) is 4.02. The zero-order valence-corrected chi connectivity index (χ0v) is 18.3. The number of pyridine rings is 1. The van der Waals surface area contributed by atoms with Crippen LogP contribution >= 0.6 is 11.3 Å². The number of para-hydroxylation sites is 1. The van der Waals surface area contributed by atoms with Crippen molar-refractivity contribution in [2.24, 2.45) is 5.73 Å². The summed E-state index contributed by atoms with van der Waals surface area (Å²) >= 11 is 1.12. The van der Waals surface area contributed by atoms with Gasteiger partial charge in [0.1, 0.15) is 16.9 Å². The summed E-state index contributed by atoms with van der Waals surface area (Å²) in [6.07, 6.45) is 0. The van der Waals surface area contributed by atoms with Gasteiger partial charge in [0.05, 0.1) is 23.4 Å². The molecule has 0 unspecified atom stereocenters. The molecule has 0 aliphatic heterocycles. The van der Waals surface area contributed by atoms with Gasteiger partial charge in [-0.3, -0.25) is 19.0 Å². The monoisotopic (exact) mass is 450 g/mol. The highest BCUT2D eigenvalue weighted by atomic mass is 32.1. The van der Waals surface area contributed by atoms with E-state index in [1.165, 1.54) is 4.57 Å². The number of primary amides is 1. The lowest BCUT2D eigenvalue weighted by Crippen LogP contribution is -2.25. The summed E-state index contributed by atoms with van der Waals surface area (Å²) in [5.41, 5.74) is 6.31. The lowest BCUT2D eigenvalue weighted by molar-refractivity contribution is 0.0968. The molecule has 7 nitrogen and oxygen atoms in total. The van der Waals surface area contributed by atoms with E-state index in [1.54, 1.807) is 36.4 Å². The van der Waals surface area contributed by atoms with Gasteiger partial charge in [0.2, 0.25) is 0 Å². The molecule has 2 aromatic carbocycles. The molecule has 0 bridgehead atoms. The van der Waals surface area contributed by atoms with Crippen molar-refractivity contribution in [2.45, 2.75) is 13.5 Å². The number of nitrogens with two attached hydrogens (primary N) is 1. The highest BCUT2D eigenvalue weighted by Gasteiger charge is 2.25. The van der Waals surface area contributed by atoms with Crippen LogP contribution in [0.3, 0.4) is 0 Å². The van der Waals surface area contributed by atoms with Crippen LogP contribution in [0, 0.1) is 0 Å². The van der Waals surface area contributed by atoms with Gasteiger partial charge in [-0.25, -0.2) is 0 Å². The first-order valence-electron chi connectivity index (χ1n) is 10.2. The highest BCUT2D eigenvalue weighted by molar-refractivity contribution is 7.22. The van der Waals surface area contributed by atoms with E-state index in [0.29, 0.717) is 29.0 Å². The summed E-state index contributed by atoms with van der Waals surface area (Å²) in [6.45, 7) is 2.72. The minimum absolute atomic E-state index is 0.139. The summed E-state index contributed by atoms with van der Waals surface area (Å²) in [6, 6.07) is 16.1. The Labute approximate surface area is 188 Å². The average Bonchev–Trinajstić information content (AvgIpc) is 3.20. The summed E-state index contributed by atoms with van der Waals surface area (Å²) in [4.78, 5) is 38.8. The van der Waals surface area contributed by atoms with Crippen molar-refractivity contribution in [1.82, 2.24) is 4.57 Å². The maximum atomic E-state index is 13.6. The second-order valence-electron chi connectivity index (χ2n) is 7.07. The van der Waals surface area contributed by atoms with Crippen LogP contribution in [0.15, 0.2) is 59.4 Å². The standard InChI is InChI=1S/C24H22N2O5S/c1-2-30-12-13-31-20-19-21(32-22(20)23(25)28)16-10-6-7-11-17(16)26(24(19)29)14-18(27)15-8-4-3-5-9-15/h3-11H,2,12-14H2,1H3,(H2,25,28). The molecular weight excluding hydrogens is 428 g/mol. The van der Waals surface area contributed by atoms with Gasteiger partial charge in [-0.1, -0.05) is 48.5 Å². The number of aromatic nitrogens is 1. The normalized spacial score (nSPS) is 11.2. The third-order valence-electron chi connectivity index (χ3n) is 5.06. The lowest BCUT2D eigenvalue weighted by atomic mass is 10.1. The van der Waals surface area contributed by atoms with Gasteiger partial charge in [0, 0.05) is 17.6 Å². The number of hydrogen-bond acceptors (Lipinski definition) is 6. The number of carbonyl (C=O) groups is 2. The second kappa shape index (κ2) is 9.33. The minimum atomic E-state index is -0.673. The zero-order valence-electron chi connectivity index (χ0n) is 17.5. The number of nitrogens with zero attached hydrogens (tertiary/aromatic N) is 1. The molecule has 164 valence electrons. The molecule has 32 heavy (non-hydrogen) atoms. The van der Waals surface area contributed by atoms with Crippen molar-refractivity contribution in [3.63, 3.8) is 0 Å². The number of benzene rings is 2. The first-order valence-corrected chi connectivity index (χ1v) is 11.0. The van der Waals surface area contributed by atoms with Gasteiger partial charge in [0.15, 0.2) is 11.5 Å². The number of hydrogen-bond donors (Lipinski definition) is 1. The highest BCUT2D eigenvalue weighted by Crippen LogP contribution is 2.39. The third-order valence-corrected chi connectivity index (χ3v) is 6.28. The molecule has 4 rings (SSSR count). The fourth-order valence-corrected chi connectivity index (χ4v) is 4.73. The van der Waals surface area contributed by atoms with E-state index in [-0.39, 0.29) is 34.9 Å². The summed E-state index contributed by atoms with van der Waals surface area (Å²) in [5, 5.41) is 0.995. The number of ketones is 1. The number of ether oxygens (including phenoxy) is 2. The van der Waals surface area contributed by atoms with Crippen LogP contribution in [0.5, 0.6) is 5.75 Å². The minimum Gasteiger partial charge on any atom is -0.489 e. The van der Waals surface area contributed by atoms with Gasteiger partial charge < -0.3 is 15.2 Å². The molecule has 0 spiro atoms. The SMILES string of the molecule is CCOCCOc1c(C(N)=O)sc2c1c(=O)n(CC(=O)c1ccccc1)c1ccccc21. The van der Waals surface area contributed by atoms with Gasteiger partial charge in [-0.2, -0.15) is 0 Å². The Balaban J connectivity index is 1.91. The number of fused-ring (bicyclic) bond motifs is 3. The van der Waals surface area contributed by atoms with Crippen molar-refractivity contribution in [2.75, 3.05) is 19.8 Å². The Hall–Kier alpha value is -3.49. The van der Waals surface area contributed by atoms with E-state index < -0.39 is 11.5 Å². The molecule has 2 heterocycles. The van der Waals surface area contributed by atoms with Crippen molar-refractivity contribution in [3.05, 3.63) is 75.4 Å². The van der Waals surface area contributed by atoms with E-state index in [4.69, 9.17) is 15.2 Å². The van der Waals surface area contributed by atoms with Crippen molar-refractivity contribution < 1.29 is 19.1 Å². The Kier molecular flexibility index (Phi) is 6.34. The van der Waals surface area contributed by atoms with Crippen LogP contribution in [0.1, 0.15) is 27.0 Å². The molecule has 8 heteroatoms. The molecule has 0 atom stereocenters. The van der Waals surface area contributed by atoms with Crippen LogP contribution in [-0.4, -0.2) is 36.1 Å². The summed E-state index contributed by atoms with van der Waals surface area (Å²) in [5.74, 6) is -0.719. The van der Waals surface area contributed by atoms with Crippen molar-refractivity contribution >= 4 is 44.0 Å². The average molecular weight is 451 g/mol. The first-order chi connectivity index (χ1) is 15.5. The Morgan fingerprint density at radius 2 is 1.75 bits per heavy atom. The second-order valence-corrected chi connectivity index (χ2v) is 8.09. The summed E-state index contributed by atoms with van der Waals surface area (Å²) < 4.78 is 13.2. The van der Waals surface area contributed by atoms with E-state index in [1.807, 2.05) is 25.1 Å². The molecule has 0 aliphatic rings. The molecule has 0 fully saturated rings. The molecule has 0 radical (unpaired) electrons. The number of thiophene rings is 1. The number of amides is 1. The molecule has 0 aliphatic carbocycles. The predicted molar refractivity (Wildman–Crippen MR) is 125 cm³/mol. The van der Waals surface area contributed by atoms with Gasteiger partial charge >= 0.3 is 0 Å². The maximum Gasteiger partial charge on any atom is 0.264 e. The largest absolute Gasteiger partial charge is 0.489 e. The molecule has 4 aromatic rings. The Morgan fingerprint density at radius 1 is 1.03 bits per heavy atom. The van der Waals surface area contributed by atoms with Gasteiger partial charge in [-0.05, 0) is 13.0 Å². The van der Waals surface area contributed by atoms with Crippen LogP contribution < -0.4 is 16.0 Å². The van der Waals surface area contributed by atoms with E-state index in [9.17, 15) is 14.4 Å². The smallest absolute Gasteiger partial charge is 0.264 e. The predicted octanol–water partition coefficient (Wildman–Crippen LogP) is 3.61. The molecule has 1 amide bonds. The maximum absolute atomic E-state index is 13.6. The van der Waals surface area contributed by atoms with Gasteiger partial charge in [0.25, 0.3) is 11.5 Å². The van der Waals surface area contributed by atoms with Crippen LogP contribution in [0.25, 0.3) is 21.0 Å². The molecule has 2 aromatic heterocycles. The topological polar surface area (TPSA) is 101 Å². The fraction of sp³-hybridized carbons (Fsp3) is 0.208. The van der Waals surface area contributed by atoms with Crippen LogP contribution in [0.2, 0.25) is 0 Å². The van der Waals surface area contributed by atoms with E-state index in [0.717, 1.165) is 16.7 Å². The number of Topliss-reactive ketones (excluding diaryl/α,β-unsaturated/α-hetero) is 1.